The van der Waals surface area contributed by atoms with Crippen LogP contribution in [-0.4, -0.2) is 67.0 Å². The SMILES string of the molecule is CN(C)CCn1ncc(Br)c1C(=O)C1COCCO1. The van der Waals surface area contributed by atoms with Crippen molar-refractivity contribution in [2.75, 3.05) is 40.5 Å². The number of rotatable bonds is 5. The molecular formula is C12H18BrN3O3. The minimum atomic E-state index is -0.528. The van der Waals surface area contributed by atoms with Crippen LogP contribution in [0.25, 0.3) is 0 Å². The third kappa shape index (κ3) is 3.62. The fourth-order valence-electron chi connectivity index (χ4n) is 1.86. The minimum absolute atomic E-state index is 0.0807. The monoisotopic (exact) mass is 331 g/mol. The second kappa shape index (κ2) is 6.60. The van der Waals surface area contributed by atoms with E-state index in [-0.39, 0.29) is 5.78 Å². The molecule has 0 spiro atoms. The van der Waals surface area contributed by atoms with Crippen molar-refractivity contribution in [2.24, 2.45) is 0 Å². The molecule has 1 aliphatic heterocycles. The van der Waals surface area contributed by atoms with E-state index in [2.05, 4.69) is 21.0 Å². The Morgan fingerprint density at radius 1 is 1.58 bits per heavy atom. The predicted octanol–water partition coefficient (Wildman–Crippen LogP) is 0.805. The molecule has 0 radical (unpaired) electrons. The zero-order chi connectivity index (χ0) is 13.8. The highest BCUT2D eigenvalue weighted by Crippen LogP contribution is 2.20. The fraction of sp³-hybridized carbons (Fsp3) is 0.667. The van der Waals surface area contributed by atoms with Crippen LogP contribution in [0, 0.1) is 0 Å². The Balaban J connectivity index is 2.13. The second-order valence-electron chi connectivity index (χ2n) is 4.67. The van der Waals surface area contributed by atoms with Gasteiger partial charge in [0, 0.05) is 6.54 Å². The highest BCUT2D eigenvalue weighted by Gasteiger charge is 2.28. The first-order valence-electron chi connectivity index (χ1n) is 6.19. The molecule has 1 atom stereocenters. The molecule has 1 unspecified atom stereocenters. The van der Waals surface area contributed by atoms with Gasteiger partial charge >= 0.3 is 0 Å². The van der Waals surface area contributed by atoms with E-state index in [1.54, 1.807) is 10.9 Å². The van der Waals surface area contributed by atoms with Crippen LogP contribution in [-0.2, 0) is 16.0 Å². The minimum Gasteiger partial charge on any atom is -0.376 e. The third-order valence-electron chi connectivity index (χ3n) is 2.90. The van der Waals surface area contributed by atoms with Gasteiger partial charge in [0.25, 0.3) is 0 Å². The molecule has 7 heteroatoms. The summed E-state index contributed by atoms with van der Waals surface area (Å²) in [7, 11) is 3.97. The van der Waals surface area contributed by atoms with Crippen molar-refractivity contribution >= 4 is 21.7 Å². The van der Waals surface area contributed by atoms with Crippen LogP contribution in [0.3, 0.4) is 0 Å². The van der Waals surface area contributed by atoms with Gasteiger partial charge < -0.3 is 14.4 Å². The van der Waals surface area contributed by atoms with Crippen LogP contribution >= 0.6 is 15.9 Å². The van der Waals surface area contributed by atoms with Crippen molar-refractivity contribution in [1.82, 2.24) is 14.7 Å². The Kier molecular flexibility index (Phi) is 5.09. The summed E-state index contributed by atoms with van der Waals surface area (Å²) in [5.41, 5.74) is 0.553. The average molecular weight is 332 g/mol. The second-order valence-corrected chi connectivity index (χ2v) is 5.52. The molecular weight excluding hydrogens is 314 g/mol. The fourth-order valence-corrected chi connectivity index (χ4v) is 2.35. The summed E-state index contributed by atoms with van der Waals surface area (Å²) in [5.74, 6) is -0.0807. The van der Waals surface area contributed by atoms with Crippen molar-refractivity contribution in [3.05, 3.63) is 16.4 Å². The molecule has 0 bridgehead atoms. The summed E-state index contributed by atoms with van der Waals surface area (Å²) in [6, 6.07) is 0. The molecule has 0 N–H and O–H groups in total. The molecule has 106 valence electrons. The number of hydrogen-bond acceptors (Lipinski definition) is 5. The molecule has 0 amide bonds. The van der Waals surface area contributed by atoms with E-state index in [9.17, 15) is 4.79 Å². The number of nitrogens with zero attached hydrogens (tertiary/aromatic N) is 3. The van der Waals surface area contributed by atoms with Crippen molar-refractivity contribution < 1.29 is 14.3 Å². The normalized spacial score (nSPS) is 19.9. The van der Waals surface area contributed by atoms with Gasteiger partial charge in [-0.3, -0.25) is 9.48 Å². The smallest absolute Gasteiger partial charge is 0.213 e. The molecule has 0 saturated carbocycles. The van der Waals surface area contributed by atoms with Crippen LogP contribution in [0.4, 0.5) is 0 Å². The van der Waals surface area contributed by atoms with E-state index in [4.69, 9.17) is 9.47 Å². The zero-order valence-corrected chi connectivity index (χ0v) is 12.7. The summed E-state index contributed by atoms with van der Waals surface area (Å²) >= 11 is 3.38. The van der Waals surface area contributed by atoms with Crippen LogP contribution in [0.15, 0.2) is 10.7 Å². The van der Waals surface area contributed by atoms with Crippen molar-refractivity contribution in [2.45, 2.75) is 12.6 Å². The summed E-state index contributed by atoms with van der Waals surface area (Å²) in [4.78, 5) is 14.5. The molecule has 0 aliphatic carbocycles. The maximum absolute atomic E-state index is 12.4. The topological polar surface area (TPSA) is 56.6 Å². The summed E-state index contributed by atoms with van der Waals surface area (Å²) in [6.07, 6.45) is 1.12. The number of hydrogen-bond donors (Lipinski definition) is 0. The first kappa shape index (κ1) is 14.6. The molecule has 1 saturated heterocycles. The lowest BCUT2D eigenvalue weighted by molar-refractivity contribution is -0.0722. The largest absolute Gasteiger partial charge is 0.376 e. The quantitative estimate of drug-likeness (QED) is 0.747. The lowest BCUT2D eigenvalue weighted by Gasteiger charge is -2.22. The van der Waals surface area contributed by atoms with Gasteiger partial charge in [-0.25, -0.2) is 0 Å². The molecule has 0 aromatic carbocycles. The number of ether oxygens (including phenoxy) is 2. The molecule has 6 nitrogen and oxygen atoms in total. The van der Waals surface area contributed by atoms with Gasteiger partial charge in [0.15, 0.2) is 0 Å². The Hall–Kier alpha value is -0.760. The van der Waals surface area contributed by atoms with Crippen LogP contribution < -0.4 is 0 Å². The first-order valence-corrected chi connectivity index (χ1v) is 6.98. The van der Waals surface area contributed by atoms with E-state index in [1.807, 2.05) is 19.0 Å². The van der Waals surface area contributed by atoms with Gasteiger partial charge in [-0.2, -0.15) is 5.10 Å². The van der Waals surface area contributed by atoms with Crippen molar-refractivity contribution in [3.63, 3.8) is 0 Å². The van der Waals surface area contributed by atoms with Crippen LogP contribution in [0.1, 0.15) is 10.5 Å². The zero-order valence-electron chi connectivity index (χ0n) is 11.1. The lowest BCUT2D eigenvalue weighted by atomic mass is 10.1. The molecule has 1 aromatic rings. The average Bonchev–Trinajstić information content (AvgIpc) is 2.78. The van der Waals surface area contributed by atoms with E-state index in [0.717, 1.165) is 6.54 Å². The summed E-state index contributed by atoms with van der Waals surface area (Å²) in [6.45, 7) is 2.79. The third-order valence-corrected chi connectivity index (χ3v) is 3.48. The van der Waals surface area contributed by atoms with Gasteiger partial charge in [-0.1, -0.05) is 0 Å². The van der Waals surface area contributed by atoms with E-state index >= 15 is 0 Å². The standard InChI is InChI=1S/C12H18BrN3O3/c1-15(2)3-4-16-11(9(13)7-14-16)12(17)10-8-18-5-6-19-10/h7,10H,3-6,8H2,1-2H3. The van der Waals surface area contributed by atoms with Gasteiger partial charge in [-0.05, 0) is 30.0 Å². The lowest BCUT2D eigenvalue weighted by Crippen LogP contribution is -2.37. The van der Waals surface area contributed by atoms with Crippen molar-refractivity contribution in [1.29, 1.82) is 0 Å². The maximum Gasteiger partial charge on any atom is 0.213 e. The van der Waals surface area contributed by atoms with Gasteiger partial charge in [0.1, 0.15) is 11.8 Å². The predicted molar refractivity (Wildman–Crippen MR) is 73.4 cm³/mol. The molecule has 1 fully saturated rings. The van der Waals surface area contributed by atoms with Gasteiger partial charge in [-0.15, -0.1) is 0 Å². The molecule has 1 aliphatic rings. The van der Waals surface area contributed by atoms with E-state index in [0.29, 0.717) is 36.5 Å². The first-order chi connectivity index (χ1) is 9.09. The number of ketones is 1. The van der Waals surface area contributed by atoms with Gasteiger partial charge in [0.2, 0.25) is 5.78 Å². The Labute approximate surface area is 120 Å². The molecule has 2 heterocycles. The molecule has 19 heavy (non-hydrogen) atoms. The number of carbonyl (C=O) groups is 1. The highest BCUT2D eigenvalue weighted by molar-refractivity contribution is 9.10. The van der Waals surface area contributed by atoms with E-state index < -0.39 is 6.10 Å². The Morgan fingerprint density at radius 2 is 2.37 bits per heavy atom. The number of Topliss-reactive ketones (excluding diaryl/α,β-unsaturated/α-hetero) is 1. The summed E-state index contributed by atoms with van der Waals surface area (Å²) in [5, 5.41) is 4.23. The Bertz CT molecular complexity index is 441. The van der Waals surface area contributed by atoms with Crippen LogP contribution in [0.2, 0.25) is 0 Å². The van der Waals surface area contributed by atoms with Gasteiger partial charge in [0.05, 0.1) is 37.0 Å². The number of likely N-dealkylation sites (N-methyl/N-ethyl adjacent to an activating group) is 1. The number of halogens is 1. The highest BCUT2D eigenvalue weighted by atomic mass is 79.9. The van der Waals surface area contributed by atoms with Crippen molar-refractivity contribution in [3.8, 4) is 0 Å². The van der Waals surface area contributed by atoms with E-state index in [1.165, 1.54) is 0 Å². The van der Waals surface area contributed by atoms with Crippen LogP contribution in [0.5, 0.6) is 0 Å². The summed E-state index contributed by atoms with van der Waals surface area (Å²) < 4.78 is 13.1. The number of carbonyl (C=O) groups excluding carboxylic acids is 1. The Morgan fingerprint density at radius 3 is 3.00 bits per heavy atom. The maximum atomic E-state index is 12.4. The molecule has 2 rings (SSSR count). The molecule has 1 aromatic heterocycles. The number of aromatic nitrogens is 2.